The minimum Gasteiger partial charge on any atom is -0.494 e. The highest BCUT2D eigenvalue weighted by Crippen LogP contribution is 2.27. The van der Waals surface area contributed by atoms with Gasteiger partial charge in [0.1, 0.15) is 21.3 Å². The Morgan fingerprint density at radius 3 is 2.69 bits per heavy atom. The van der Waals surface area contributed by atoms with Crippen LogP contribution in [0, 0.1) is 5.82 Å². The maximum atomic E-state index is 14.3. The summed E-state index contributed by atoms with van der Waals surface area (Å²) in [7, 11) is -3.03. The fraction of sp³-hybridized carbons (Fsp3) is 0.217. The van der Waals surface area contributed by atoms with E-state index in [1.165, 1.54) is 12.5 Å². The number of allylic oxidation sites excluding steroid dienone is 1. The maximum absolute atomic E-state index is 14.3. The number of aromatic nitrogens is 2. The summed E-state index contributed by atoms with van der Waals surface area (Å²) >= 11 is 0. The fourth-order valence-corrected chi connectivity index (χ4v) is 3.49. The molecule has 3 aromatic rings. The van der Waals surface area contributed by atoms with E-state index in [2.05, 4.69) is 9.97 Å². The molecular weight excluding hydrogens is 433 g/mol. The second kappa shape index (κ2) is 10.7. The van der Waals surface area contributed by atoms with Crippen molar-refractivity contribution in [1.29, 1.82) is 0 Å². The van der Waals surface area contributed by atoms with Crippen LogP contribution in [0.3, 0.4) is 0 Å². The zero-order valence-corrected chi connectivity index (χ0v) is 18.4. The Kier molecular flexibility index (Phi) is 7.77. The van der Waals surface area contributed by atoms with E-state index in [1.807, 2.05) is 6.07 Å². The van der Waals surface area contributed by atoms with Crippen LogP contribution in [-0.4, -0.2) is 37.0 Å². The molecule has 0 amide bonds. The van der Waals surface area contributed by atoms with Gasteiger partial charge in [0.25, 0.3) is 5.88 Å². The van der Waals surface area contributed by atoms with Gasteiger partial charge in [0.15, 0.2) is 5.82 Å². The highest BCUT2D eigenvalue weighted by Gasteiger charge is 2.12. The molecule has 168 valence electrons. The predicted octanol–water partition coefficient (Wildman–Crippen LogP) is 3.90. The van der Waals surface area contributed by atoms with E-state index in [-0.39, 0.29) is 24.1 Å². The van der Waals surface area contributed by atoms with E-state index in [9.17, 15) is 12.8 Å². The minimum absolute atomic E-state index is 0.0537. The number of nitrogens with zero attached hydrogens (tertiary/aromatic N) is 2. The number of rotatable bonds is 10. The first kappa shape index (κ1) is 23.2. The smallest absolute Gasteiger partial charge is 0.259 e. The molecule has 0 bridgehead atoms. The molecule has 0 saturated carbocycles. The molecule has 0 aliphatic heterocycles. The third-order valence-corrected chi connectivity index (χ3v) is 5.37. The van der Waals surface area contributed by atoms with Gasteiger partial charge in [0.2, 0.25) is 5.82 Å². The number of hydrogen-bond acceptors (Lipinski definition) is 7. The Morgan fingerprint density at radius 2 is 1.91 bits per heavy atom. The molecular formula is C23H24FN3O4S. The van der Waals surface area contributed by atoms with Gasteiger partial charge < -0.3 is 15.2 Å². The lowest BCUT2D eigenvalue weighted by Gasteiger charge is -2.10. The molecule has 7 nitrogen and oxygen atoms in total. The van der Waals surface area contributed by atoms with Gasteiger partial charge >= 0.3 is 0 Å². The molecule has 2 aromatic carbocycles. The standard InChI is InChI=1S/C23H24FN3O4S/c1-32(28,29)13-5-12-30-19-9-3-8-18(15-19)22-26-16-21(24)23(27-22)31-20-10-2-6-17(14-20)7-4-11-25/h2-4,6,8-11,14-16H,5,7,12-13,25H2,1H3. The Balaban J connectivity index is 1.74. The molecule has 32 heavy (non-hydrogen) atoms. The van der Waals surface area contributed by atoms with Crippen molar-refractivity contribution in [2.45, 2.75) is 12.8 Å². The molecule has 0 radical (unpaired) electrons. The average Bonchev–Trinajstić information content (AvgIpc) is 2.77. The summed E-state index contributed by atoms with van der Waals surface area (Å²) in [6, 6.07) is 14.2. The normalized spacial score (nSPS) is 11.6. The van der Waals surface area contributed by atoms with Crippen LogP contribution in [-0.2, 0) is 16.3 Å². The van der Waals surface area contributed by atoms with Crippen molar-refractivity contribution in [3.8, 4) is 28.8 Å². The van der Waals surface area contributed by atoms with E-state index < -0.39 is 15.7 Å². The van der Waals surface area contributed by atoms with Gasteiger partial charge in [-0.05, 0) is 48.9 Å². The highest BCUT2D eigenvalue weighted by atomic mass is 32.2. The number of hydrogen-bond donors (Lipinski definition) is 1. The lowest BCUT2D eigenvalue weighted by Crippen LogP contribution is -2.08. The van der Waals surface area contributed by atoms with Crippen LogP contribution >= 0.6 is 0 Å². The van der Waals surface area contributed by atoms with Crippen LogP contribution in [0.5, 0.6) is 17.4 Å². The van der Waals surface area contributed by atoms with Crippen LogP contribution < -0.4 is 15.2 Å². The molecule has 0 unspecified atom stereocenters. The van der Waals surface area contributed by atoms with Crippen molar-refractivity contribution in [2.24, 2.45) is 5.73 Å². The second-order valence-electron chi connectivity index (χ2n) is 7.09. The molecule has 9 heteroatoms. The van der Waals surface area contributed by atoms with E-state index in [1.54, 1.807) is 48.5 Å². The molecule has 2 N–H and O–H groups in total. The third-order valence-electron chi connectivity index (χ3n) is 4.33. The maximum Gasteiger partial charge on any atom is 0.259 e. The van der Waals surface area contributed by atoms with Crippen molar-refractivity contribution in [3.05, 3.63) is 78.4 Å². The molecule has 0 aliphatic rings. The second-order valence-corrected chi connectivity index (χ2v) is 9.35. The Hall–Kier alpha value is -3.46. The molecule has 0 fully saturated rings. The molecule has 0 atom stereocenters. The lowest BCUT2D eigenvalue weighted by molar-refractivity contribution is 0.318. The predicted molar refractivity (Wildman–Crippen MR) is 121 cm³/mol. The van der Waals surface area contributed by atoms with Crippen molar-refractivity contribution in [1.82, 2.24) is 9.97 Å². The summed E-state index contributed by atoms with van der Waals surface area (Å²) in [5.41, 5.74) is 6.95. The Bertz CT molecular complexity index is 1200. The lowest BCUT2D eigenvalue weighted by atomic mass is 10.1. The molecule has 1 heterocycles. The topological polar surface area (TPSA) is 104 Å². The van der Waals surface area contributed by atoms with Gasteiger partial charge in [-0.15, -0.1) is 0 Å². The number of ether oxygens (including phenoxy) is 2. The Morgan fingerprint density at radius 1 is 1.12 bits per heavy atom. The minimum atomic E-state index is -3.03. The summed E-state index contributed by atoms with van der Waals surface area (Å²) in [4.78, 5) is 8.28. The third kappa shape index (κ3) is 7.05. The van der Waals surface area contributed by atoms with Gasteiger partial charge in [0, 0.05) is 11.8 Å². The summed E-state index contributed by atoms with van der Waals surface area (Å²) < 4.78 is 48.0. The van der Waals surface area contributed by atoms with E-state index in [4.69, 9.17) is 15.2 Å². The first-order chi connectivity index (χ1) is 15.3. The van der Waals surface area contributed by atoms with Crippen molar-refractivity contribution < 1.29 is 22.3 Å². The van der Waals surface area contributed by atoms with Crippen molar-refractivity contribution in [2.75, 3.05) is 18.6 Å². The van der Waals surface area contributed by atoms with Crippen molar-refractivity contribution >= 4 is 9.84 Å². The van der Waals surface area contributed by atoms with Gasteiger partial charge in [-0.25, -0.2) is 13.4 Å². The van der Waals surface area contributed by atoms with Gasteiger partial charge in [0.05, 0.1) is 18.6 Å². The monoisotopic (exact) mass is 457 g/mol. The molecule has 0 aliphatic carbocycles. The number of halogens is 1. The van der Waals surface area contributed by atoms with Gasteiger partial charge in [-0.2, -0.15) is 9.37 Å². The van der Waals surface area contributed by atoms with Crippen LogP contribution in [0.1, 0.15) is 12.0 Å². The van der Waals surface area contributed by atoms with E-state index >= 15 is 0 Å². The fourth-order valence-electron chi connectivity index (χ4n) is 2.85. The summed E-state index contributed by atoms with van der Waals surface area (Å²) in [5.74, 6) is 0.421. The summed E-state index contributed by atoms with van der Waals surface area (Å²) in [6.07, 6.45) is 6.52. The van der Waals surface area contributed by atoms with Crippen LogP contribution in [0.25, 0.3) is 11.4 Å². The van der Waals surface area contributed by atoms with Crippen molar-refractivity contribution in [3.63, 3.8) is 0 Å². The van der Waals surface area contributed by atoms with Gasteiger partial charge in [-0.3, -0.25) is 0 Å². The summed E-state index contributed by atoms with van der Waals surface area (Å²) in [5, 5.41) is 0. The van der Waals surface area contributed by atoms with E-state index in [0.29, 0.717) is 29.9 Å². The molecule has 0 saturated heterocycles. The SMILES string of the molecule is CS(=O)(=O)CCCOc1cccc(-c2ncc(F)c(Oc3cccc(CC=CN)c3)n2)c1. The van der Waals surface area contributed by atoms with Crippen LogP contribution in [0.2, 0.25) is 0 Å². The molecule has 0 spiro atoms. The van der Waals surface area contributed by atoms with Crippen LogP contribution in [0.4, 0.5) is 4.39 Å². The quantitative estimate of drug-likeness (QED) is 0.460. The zero-order chi connectivity index (χ0) is 23.0. The first-order valence-corrected chi connectivity index (χ1v) is 12.0. The first-order valence-electron chi connectivity index (χ1n) is 9.91. The number of nitrogens with two attached hydrogens (primary N) is 1. The molecule has 1 aromatic heterocycles. The van der Waals surface area contributed by atoms with E-state index in [0.717, 1.165) is 11.8 Å². The average molecular weight is 458 g/mol. The van der Waals surface area contributed by atoms with Gasteiger partial charge in [-0.1, -0.05) is 30.3 Å². The van der Waals surface area contributed by atoms with Crippen LogP contribution in [0.15, 0.2) is 67.0 Å². The number of sulfone groups is 1. The molecule has 3 rings (SSSR count). The zero-order valence-electron chi connectivity index (χ0n) is 17.6. The largest absolute Gasteiger partial charge is 0.494 e. The number of benzene rings is 2. The Labute approximate surface area is 186 Å². The highest BCUT2D eigenvalue weighted by molar-refractivity contribution is 7.90. The summed E-state index contributed by atoms with van der Waals surface area (Å²) in [6.45, 7) is 0.255.